The highest BCUT2D eigenvalue weighted by atomic mass is 15.3. The van der Waals surface area contributed by atoms with Gasteiger partial charge in [-0.25, -0.2) is 4.98 Å². The quantitative estimate of drug-likeness (QED) is 0.558. The van der Waals surface area contributed by atoms with Crippen molar-refractivity contribution < 1.29 is 0 Å². The summed E-state index contributed by atoms with van der Waals surface area (Å²) in [6, 6.07) is 8.23. The van der Waals surface area contributed by atoms with Crippen LogP contribution in [0.15, 0.2) is 24.3 Å². The molecule has 2 aliphatic rings. The van der Waals surface area contributed by atoms with Gasteiger partial charge in [0, 0.05) is 55.7 Å². The number of fused-ring (bicyclic) bond motifs is 1. The predicted molar refractivity (Wildman–Crippen MR) is 105 cm³/mol. The monoisotopic (exact) mass is 356 g/mol. The van der Waals surface area contributed by atoms with Gasteiger partial charge in [0.1, 0.15) is 5.82 Å². The number of aromatic nitrogens is 2. The molecule has 0 saturated carbocycles. The fourth-order valence-corrected chi connectivity index (χ4v) is 4.12. The summed E-state index contributed by atoms with van der Waals surface area (Å²) in [5, 5.41) is 1.02. The maximum absolute atomic E-state index is 6.21. The fraction of sp³-hybridized carbons (Fsp3) is 0.556. The van der Waals surface area contributed by atoms with Crippen molar-refractivity contribution in [2.24, 2.45) is 22.9 Å². The Morgan fingerprint density at radius 3 is 1.88 bits per heavy atom. The van der Waals surface area contributed by atoms with Gasteiger partial charge in [0.05, 0.1) is 5.52 Å². The van der Waals surface area contributed by atoms with E-state index in [9.17, 15) is 0 Å². The van der Waals surface area contributed by atoms with Gasteiger partial charge in [-0.3, -0.25) is 0 Å². The zero-order valence-electron chi connectivity index (χ0n) is 15.0. The van der Waals surface area contributed by atoms with E-state index in [4.69, 9.17) is 32.9 Å². The zero-order chi connectivity index (χ0) is 18.3. The molecule has 3 heterocycles. The van der Waals surface area contributed by atoms with Gasteiger partial charge in [0.2, 0.25) is 5.95 Å². The predicted octanol–water partition coefficient (Wildman–Crippen LogP) is -0.641. The molecule has 4 rings (SSSR count). The molecule has 8 nitrogen and oxygen atoms in total. The van der Waals surface area contributed by atoms with Crippen LogP contribution in [0.4, 0.5) is 11.8 Å². The normalized spacial score (nSPS) is 30.0. The first-order valence-electron chi connectivity index (χ1n) is 9.28. The second-order valence-corrected chi connectivity index (χ2v) is 7.69. The molecule has 2 aliphatic heterocycles. The van der Waals surface area contributed by atoms with Crippen LogP contribution < -0.4 is 32.7 Å². The third-order valence-electron chi connectivity index (χ3n) is 5.18. The van der Waals surface area contributed by atoms with E-state index in [1.165, 1.54) is 0 Å². The average Bonchev–Trinajstić information content (AvgIpc) is 2.59. The molecule has 2 fully saturated rings. The SMILES string of the molecule is NC1CC(N)CN(c2nc(N3CC(N)CC(N)C3)c3ccccc3n2)C1. The van der Waals surface area contributed by atoms with Crippen LogP contribution in [-0.2, 0) is 0 Å². The lowest BCUT2D eigenvalue weighted by molar-refractivity contribution is 0.444. The first-order valence-corrected chi connectivity index (χ1v) is 9.28. The number of benzene rings is 1. The van der Waals surface area contributed by atoms with Gasteiger partial charge in [0.15, 0.2) is 0 Å². The van der Waals surface area contributed by atoms with Crippen molar-refractivity contribution in [3.8, 4) is 0 Å². The van der Waals surface area contributed by atoms with Crippen molar-refractivity contribution in [2.45, 2.75) is 37.0 Å². The first-order chi connectivity index (χ1) is 12.5. The lowest BCUT2D eigenvalue weighted by Gasteiger charge is -2.37. The molecule has 8 heteroatoms. The van der Waals surface area contributed by atoms with Crippen LogP contribution in [0.25, 0.3) is 10.9 Å². The Kier molecular flexibility index (Phi) is 4.66. The molecule has 1 aromatic heterocycles. The van der Waals surface area contributed by atoms with Crippen molar-refractivity contribution in [1.82, 2.24) is 9.97 Å². The lowest BCUT2D eigenvalue weighted by Crippen LogP contribution is -2.53. The molecule has 140 valence electrons. The second-order valence-electron chi connectivity index (χ2n) is 7.69. The van der Waals surface area contributed by atoms with Gasteiger partial charge < -0.3 is 32.7 Å². The lowest BCUT2D eigenvalue weighted by atomic mass is 10.0. The standard InChI is InChI=1S/C18H28N8/c19-11-5-12(20)8-25(7-11)17-15-3-1-2-4-16(15)23-18(24-17)26-9-13(21)6-14(22)10-26/h1-4,11-14H,5-10,19-22H2. The smallest absolute Gasteiger partial charge is 0.228 e. The number of nitrogens with two attached hydrogens (primary N) is 4. The molecule has 8 N–H and O–H groups in total. The highest BCUT2D eigenvalue weighted by Crippen LogP contribution is 2.29. The van der Waals surface area contributed by atoms with E-state index < -0.39 is 0 Å². The van der Waals surface area contributed by atoms with Crippen molar-refractivity contribution >= 4 is 22.7 Å². The van der Waals surface area contributed by atoms with Crippen LogP contribution in [0.3, 0.4) is 0 Å². The van der Waals surface area contributed by atoms with Gasteiger partial charge in [-0.2, -0.15) is 4.98 Å². The number of nitrogens with zero attached hydrogens (tertiary/aromatic N) is 4. The maximum atomic E-state index is 6.21. The minimum atomic E-state index is 0.0362. The summed E-state index contributed by atoms with van der Waals surface area (Å²) in [6.07, 6.45) is 1.66. The third-order valence-corrected chi connectivity index (χ3v) is 5.18. The van der Waals surface area contributed by atoms with Gasteiger partial charge >= 0.3 is 0 Å². The topological polar surface area (TPSA) is 136 Å². The minimum Gasteiger partial charge on any atom is -0.353 e. The molecular formula is C18H28N8. The van der Waals surface area contributed by atoms with E-state index in [0.29, 0.717) is 19.0 Å². The molecule has 0 radical (unpaired) electrons. The molecular weight excluding hydrogens is 328 g/mol. The number of hydrogen-bond acceptors (Lipinski definition) is 8. The van der Waals surface area contributed by atoms with Crippen LogP contribution in [0.1, 0.15) is 12.8 Å². The summed E-state index contributed by atoms with van der Waals surface area (Å²) in [5.41, 5.74) is 25.6. The maximum Gasteiger partial charge on any atom is 0.228 e. The molecule has 4 atom stereocenters. The van der Waals surface area contributed by atoms with Crippen LogP contribution >= 0.6 is 0 Å². The Hall–Kier alpha value is -2.00. The summed E-state index contributed by atoms with van der Waals surface area (Å²) in [7, 11) is 0. The zero-order valence-corrected chi connectivity index (χ0v) is 15.0. The van der Waals surface area contributed by atoms with E-state index in [1.807, 2.05) is 24.3 Å². The minimum absolute atomic E-state index is 0.0362. The molecule has 2 saturated heterocycles. The largest absolute Gasteiger partial charge is 0.353 e. The highest BCUT2D eigenvalue weighted by Gasteiger charge is 2.28. The van der Waals surface area contributed by atoms with E-state index in [2.05, 4.69) is 9.80 Å². The van der Waals surface area contributed by atoms with Crippen molar-refractivity contribution in [2.75, 3.05) is 36.0 Å². The molecule has 0 amide bonds. The summed E-state index contributed by atoms with van der Waals surface area (Å²) in [4.78, 5) is 14.0. The summed E-state index contributed by atoms with van der Waals surface area (Å²) in [5.74, 6) is 1.57. The van der Waals surface area contributed by atoms with Gasteiger partial charge in [0.25, 0.3) is 0 Å². The number of anilines is 2. The van der Waals surface area contributed by atoms with Crippen molar-refractivity contribution in [3.05, 3.63) is 24.3 Å². The molecule has 0 bridgehead atoms. The van der Waals surface area contributed by atoms with Crippen molar-refractivity contribution in [1.29, 1.82) is 0 Å². The number of hydrogen-bond donors (Lipinski definition) is 4. The fourth-order valence-electron chi connectivity index (χ4n) is 4.12. The van der Waals surface area contributed by atoms with Crippen LogP contribution in [0, 0.1) is 0 Å². The Bertz CT molecular complexity index is 761. The highest BCUT2D eigenvalue weighted by molar-refractivity contribution is 5.90. The summed E-state index contributed by atoms with van der Waals surface area (Å²) < 4.78 is 0. The summed E-state index contributed by atoms with van der Waals surface area (Å²) in [6.45, 7) is 2.91. The first kappa shape index (κ1) is 17.4. The van der Waals surface area contributed by atoms with Gasteiger partial charge in [-0.05, 0) is 25.0 Å². The average molecular weight is 356 g/mol. The molecule has 26 heavy (non-hydrogen) atoms. The van der Waals surface area contributed by atoms with Crippen LogP contribution in [0.5, 0.6) is 0 Å². The van der Waals surface area contributed by atoms with Gasteiger partial charge in [-0.15, -0.1) is 0 Å². The molecule has 2 aromatic rings. The second kappa shape index (κ2) is 6.96. The molecule has 4 unspecified atom stereocenters. The Labute approximate surface area is 153 Å². The Morgan fingerprint density at radius 1 is 0.731 bits per heavy atom. The number of piperidine rings is 2. The van der Waals surface area contributed by atoms with E-state index in [1.54, 1.807) is 0 Å². The van der Waals surface area contributed by atoms with Crippen LogP contribution in [-0.4, -0.2) is 60.3 Å². The van der Waals surface area contributed by atoms with Crippen LogP contribution in [0.2, 0.25) is 0 Å². The third kappa shape index (κ3) is 3.45. The van der Waals surface area contributed by atoms with E-state index >= 15 is 0 Å². The van der Waals surface area contributed by atoms with E-state index in [-0.39, 0.29) is 24.2 Å². The Balaban J connectivity index is 1.76. The summed E-state index contributed by atoms with van der Waals surface area (Å²) >= 11 is 0. The molecule has 0 spiro atoms. The number of rotatable bonds is 2. The van der Waals surface area contributed by atoms with E-state index in [0.717, 1.165) is 42.7 Å². The molecule has 0 aliphatic carbocycles. The number of para-hydroxylation sites is 1. The van der Waals surface area contributed by atoms with Gasteiger partial charge in [-0.1, -0.05) is 12.1 Å². The Morgan fingerprint density at radius 2 is 1.27 bits per heavy atom. The van der Waals surface area contributed by atoms with Crippen molar-refractivity contribution in [3.63, 3.8) is 0 Å². The molecule has 1 aromatic carbocycles.